The highest BCUT2D eigenvalue weighted by atomic mass is 19.1. The van der Waals surface area contributed by atoms with Gasteiger partial charge in [-0.15, -0.1) is 0 Å². The Bertz CT molecular complexity index is 292. The second-order valence-corrected chi connectivity index (χ2v) is 4.03. The first kappa shape index (κ1) is 9.66. The van der Waals surface area contributed by atoms with Gasteiger partial charge < -0.3 is 5.32 Å². The van der Waals surface area contributed by atoms with Crippen molar-refractivity contribution in [2.24, 2.45) is 5.92 Å². The van der Waals surface area contributed by atoms with Crippen LogP contribution in [0.2, 0.25) is 0 Å². The van der Waals surface area contributed by atoms with Gasteiger partial charge in [-0.1, -0.05) is 12.1 Å². The van der Waals surface area contributed by atoms with Gasteiger partial charge in [-0.25, -0.2) is 4.39 Å². The Kier molecular flexibility index (Phi) is 3.14. The van der Waals surface area contributed by atoms with Crippen molar-refractivity contribution in [2.75, 3.05) is 13.1 Å². The number of hydrogen-bond donors (Lipinski definition) is 1. The molecule has 0 bridgehead atoms. The van der Waals surface area contributed by atoms with Crippen molar-refractivity contribution in [3.8, 4) is 0 Å². The molecule has 0 saturated carbocycles. The van der Waals surface area contributed by atoms with Crippen LogP contribution in [0.25, 0.3) is 0 Å². The minimum atomic E-state index is -0.118. The Balaban J connectivity index is 1.85. The van der Waals surface area contributed by atoms with Gasteiger partial charge in [0.25, 0.3) is 0 Å². The molecule has 0 radical (unpaired) electrons. The van der Waals surface area contributed by atoms with Gasteiger partial charge in [-0.3, -0.25) is 0 Å². The molecule has 2 rings (SSSR count). The monoisotopic (exact) mass is 193 g/mol. The summed E-state index contributed by atoms with van der Waals surface area (Å²) in [4.78, 5) is 0. The van der Waals surface area contributed by atoms with E-state index in [0.29, 0.717) is 0 Å². The lowest BCUT2D eigenvalue weighted by Crippen LogP contribution is -2.09. The van der Waals surface area contributed by atoms with Crippen molar-refractivity contribution in [1.82, 2.24) is 5.32 Å². The Hall–Kier alpha value is -0.890. The highest BCUT2D eigenvalue weighted by molar-refractivity contribution is 5.16. The lowest BCUT2D eigenvalue weighted by molar-refractivity contribution is 0.531. The van der Waals surface area contributed by atoms with Gasteiger partial charge in [0.15, 0.2) is 0 Å². The maximum absolute atomic E-state index is 12.9. The summed E-state index contributed by atoms with van der Waals surface area (Å²) < 4.78 is 12.9. The van der Waals surface area contributed by atoms with Gasteiger partial charge in [-0.2, -0.15) is 0 Å². The van der Waals surface area contributed by atoms with Crippen LogP contribution in [0.4, 0.5) is 4.39 Å². The van der Waals surface area contributed by atoms with E-state index < -0.39 is 0 Å². The number of rotatable bonds is 3. The topological polar surface area (TPSA) is 12.0 Å². The average molecular weight is 193 g/mol. The molecule has 14 heavy (non-hydrogen) atoms. The first-order valence-electron chi connectivity index (χ1n) is 5.30. The van der Waals surface area contributed by atoms with Crippen molar-refractivity contribution in [3.05, 3.63) is 35.6 Å². The van der Waals surface area contributed by atoms with Crippen LogP contribution in [0.1, 0.15) is 18.4 Å². The third-order valence-electron chi connectivity index (χ3n) is 2.89. The molecule has 1 atom stereocenters. The molecule has 1 aliphatic heterocycles. The summed E-state index contributed by atoms with van der Waals surface area (Å²) in [6.07, 6.45) is 3.45. The summed E-state index contributed by atoms with van der Waals surface area (Å²) in [5, 5.41) is 3.35. The fourth-order valence-corrected chi connectivity index (χ4v) is 2.02. The normalized spacial score (nSPS) is 21.4. The molecule has 0 aromatic heterocycles. The third kappa shape index (κ3) is 2.55. The minimum Gasteiger partial charge on any atom is -0.316 e. The number of aryl methyl sites for hydroxylation is 1. The predicted octanol–water partition coefficient (Wildman–Crippen LogP) is 2.37. The first-order chi connectivity index (χ1) is 6.84. The molecule has 1 saturated heterocycles. The fourth-order valence-electron chi connectivity index (χ4n) is 2.02. The summed E-state index contributed by atoms with van der Waals surface area (Å²) >= 11 is 0. The molecule has 1 aromatic carbocycles. The number of nitrogens with one attached hydrogen (secondary N) is 1. The fraction of sp³-hybridized carbons (Fsp3) is 0.500. The summed E-state index contributed by atoms with van der Waals surface area (Å²) in [6.45, 7) is 2.28. The van der Waals surface area contributed by atoms with E-state index in [-0.39, 0.29) is 5.82 Å². The van der Waals surface area contributed by atoms with Crippen LogP contribution in [-0.2, 0) is 6.42 Å². The highest BCUT2D eigenvalue weighted by Crippen LogP contribution is 2.16. The number of halogens is 1. The Morgan fingerprint density at radius 2 is 2.36 bits per heavy atom. The second kappa shape index (κ2) is 4.56. The van der Waals surface area contributed by atoms with Crippen LogP contribution >= 0.6 is 0 Å². The van der Waals surface area contributed by atoms with E-state index in [9.17, 15) is 4.39 Å². The van der Waals surface area contributed by atoms with Crippen LogP contribution in [0.3, 0.4) is 0 Å². The van der Waals surface area contributed by atoms with E-state index in [1.165, 1.54) is 18.9 Å². The molecule has 0 amide bonds. The Morgan fingerprint density at radius 1 is 1.43 bits per heavy atom. The van der Waals surface area contributed by atoms with Crippen molar-refractivity contribution in [3.63, 3.8) is 0 Å². The van der Waals surface area contributed by atoms with Crippen molar-refractivity contribution < 1.29 is 4.39 Å². The van der Waals surface area contributed by atoms with Crippen LogP contribution in [-0.4, -0.2) is 13.1 Å². The van der Waals surface area contributed by atoms with Gasteiger partial charge in [0.1, 0.15) is 5.82 Å². The molecule has 0 spiro atoms. The SMILES string of the molecule is Fc1cccc(CCC2CCNC2)c1. The highest BCUT2D eigenvalue weighted by Gasteiger charge is 2.13. The van der Waals surface area contributed by atoms with Gasteiger partial charge >= 0.3 is 0 Å². The zero-order valence-corrected chi connectivity index (χ0v) is 8.30. The van der Waals surface area contributed by atoms with E-state index in [1.54, 1.807) is 12.1 Å². The Labute approximate surface area is 84.3 Å². The van der Waals surface area contributed by atoms with E-state index in [2.05, 4.69) is 5.32 Å². The van der Waals surface area contributed by atoms with Crippen LogP contribution in [0.15, 0.2) is 24.3 Å². The zero-order valence-electron chi connectivity index (χ0n) is 8.30. The lowest BCUT2D eigenvalue weighted by Gasteiger charge is -2.07. The number of benzene rings is 1. The molecule has 1 fully saturated rings. The van der Waals surface area contributed by atoms with Gasteiger partial charge in [0, 0.05) is 0 Å². The van der Waals surface area contributed by atoms with E-state index >= 15 is 0 Å². The van der Waals surface area contributed by atoms with E-state index in [0.717, 1.165) is 31.0 Å². The van der Waals surface area contributed by atoms with E-state index in [4.69, 9.17) is 0 Å². The van der Waals surface area contributed by atoms with Crippen molar-refractivity contribution >= 4 is 0 Å². The molecule has 2 heteroatoms. The third-order valence-corrected chi connectivity index (χ3v) is 2.89. The minimum absolute atomic E-state index is 0.118. The zero-order chi connectivity index (χ0) is 9.80. The molecule has 1 unspecified atom stereocenters. The summed E-state index contributed by atoms with van der Waals surface area (Å²) in [6, 6.07) is 6.94. The van der Waals surface area contributed by atoms with Crippen molar-refractivity contribution in [1.29, 1.82) is 0 Å². The molecule has 1 heterocycles. The molecule has 1 aliphatic rings. The van der Waals surface area contributed by atoms with Crippen LogP contribution in [0.5, 0.6) is 0 Å². The Morgan fingerprint density at radius 3 is 3.07 bits per heavy atom. The number of hydrogen-bond acceptors (Lipinski definition) is 1. The molecule has 76 valence electrons. The van der Waals surface area contributed by atoms with Gasteiger partial charge in [0.05, 0.1) is 0 Å². The molecule has 0 aliphatic carbocycles. The lowest BCUT2D eigenvalue weighted by atomic mass is 9.99. The summed E-state index contributed by atoms with van der Waals surface area (Å²) in [5.74, 6) is 0.672. The molecular formula is C12H16FN. The second-order valence-electron chi connectivity index (χ2n) is 4.03. The largest absolute Gasteiger partial charge is 0.316 e. The summed E-state index contributed by atoms with van der Waals surface area (Å²) in [5.41, 5.74) is 1.12. The predicted molar refractivity (Wildman–Crippen MR) is 55.7 cm³/mol. The standard InChI is InChI=1S/C12H16FN/c13-12-3-1-2-10(8-12)4-5-11-6-7-14-9-11/h1-3,8,11,14H,4-7,9H2. The smallest absolute Gasteiger partial charge is 0.123 e. The maximum atomic E-state index is 12.9. The molecule has 1 aromatic rings. The van der Waals surface area contributed by atoms with Gasteiger partial charge in [0.2, 0.25) is 0 Å². The average Bonchev–Trinajstić information content (AvgIpc) is 2.67. The molecular weight excluding hydrogens is 177 g/mol. The maximum Gasteiger partial charge on any atom is 0.123 e. The molecule has 1 N–H and O–H groups in total. The van der Waals surface area contributed by atoms with E-state index in [1.807, 2.05) is 6.07 Å². The van der Waals surface area contributed by atoms with Crippen LogP contribution in [0, 0.1) is 11.7 Å². The van der Waals surface area contributed by atoms with Crippen molar-refractivity contribution in [2.45, 2.75) is 19.3 Å². The summed E-state index contributed by atoms with van der Waals surface area (Å²) in [7, 11) is 0. The van der Waals surface area contributed by atoms with Gasteiger partial charge in [-0.05, 0) is 56.0 Å². The molecule has 1 nitrogen and oxygen atoms in total. The first-order valence-corrected chi connectivity index (χ1v) is 5.30. The van der Waals surface area contributed by atoms with Crippen LogP contribution < -0.4 is 5.32 Å². The quantitative estimate of drug-likeness (QED) is 0.777.